The van der Waals surface area contributed by atoms with Crippen LogP contribution in [0.25, 0.3) is 0 Å². The highest BCUT2D eigenvalue weighted by atomic mass is 16.5. The van der Waals surface area contributed by atoms with Gasteiger partial charge >= 0.3 is 5.97 Å². The van der Waals surface area contributed by atoms with Crippen molar-refractivity contribution in [3.05, 3.63) is 35.9 Å². The Balaban J connectivity index is 1.78. The van der Waals surface area contributed by atoms with Gasteiger partial charge in [0.1, 0.15) is 6.04 Å². The summed E-state index contributed by atoms with van der Waals surface area (Å²) >= 11 is 0. The molecule has 0 spiro atoms. The van der Waals surface area contributed by atoms with Crippen molar-refractivity contribution in [1.29, 1.82) is 0 Å². The fourth-order valence-electron chi connectivity index (χ4n) is 3.17. The van der Waals surface area contributed by atoms with Crippen LogP contribution in [-0.2, 0) is 25.7 Å². The fraction of sp³-hybridized carbons (Fsp3) is 0.438. The van der Waals surface area contributed by atoms with Gasteiger partial charge in [-0.1, -0.05) is 30.3 Å². The van der Waals surface area contributed by atoms with E-state index in [9.17, 15) is 14.4 Å². The van der Waals surface area contributed by atoms with Crippen molar-refractivity contribution >= 4 is 17.8 Å². The van der Waals surface area contributed by atoms with Gasteiger partial charge in [0.15, 0.2) is 0 Å². The largest absolute Gasteiger partial charge is 0.465 e. The van der Waals surface area contributed by atoms with E-state index in [0.717, 1.165) is 5.56 Å². The number of carbonyl (C=O) groups excluding carboxylic acids is 3. The number of nitrogens with zero attached hydrogens (tertiary/aromatic N) is 1. The number of hydrogen-bond acceptors (Lipinski definition) is 5. The van der Waals surface area contributed by atoms with Crippen molar-refractivity contribution in [2.45, 2.75) is 19.5 Å². The number of benzene rings is 1. The van der Waals surface area contributed by atoms with E-state index in [1.54, 1.807) is 6.92 Å². The van der Waals surface area contributed by atoms with Crippen LogP contribution >= 0.6 is 0 Å². The zero-order valence-corrected chi connectivity index (χ0v) is 12.3. The molecule has 1 N–H and O–H groups in total. The Labute approximate surface area is 128 Å². The number of ether oxygens (including phenoxy) is 1. The summed E-state index contributed by atoms with van der Waals surface area (Å²) in [6, 6.07) is 8.63. The zero-order chi connectivity index (χ0) is 15.7. The lowest BCUT2D eigenvalue weighted by atomic mass is 9.93. The second-order valence-electron chi connectivity index (χ2n) is 5.52. The van der Waals surface area contributed by atoms with Crippen molar-refractivity contribution < 1.29 is 19.1 Å². The van der Waals surface area contributed by atoms with Gasteiger partial charge in [0.05, 0.1) is 25.0 Å². The van der Waals surface area contributed by atoms with Crippen LogP contribution in [0.2, 0.25) is 0 Å². The predicted molar refractivity (Wildman–Crippen MR) is 77.4 cm³/mol. The summed E-state index contributed by atoms with van der Waals surface area (Å²) in [4.78, 5) is 38.2. The molecule has 2 fully saturated rings. The topological polar surface area (TPSA) is 75.7 Å². The first-order valence-corrected chi connectivity index (χ1v) is 7.42. The number of esters is 1. The Kier molecular flexibility index (Phi) is 3.94. The number of hydrogen-bond donors (Lipinski definition) is 1. The Morgan fingerprint density at radius 2 is 2.00 bits per heavy atom. The molecule has 0 aliphatic carbocycles. The van der Waals surface area contributed by atoms with Gasteiger partial charge in [-0.3, -0.25) is 19.3 Å². The van der Waals surface area contributed by atoms with Gasteiger partial charge in [0.25, 0.3) is 0 Å². The van der Waals surface area contributed by atoms with E-state index >= 15 is 0 Å². The molecule has 0 aromatic heterocycles. The lowest BCUT2D eigenvalue weighted by Crippen LogP contribution is -2.43. The molecular formula is C16H18N2O4. The summed E-state index contributed by atoms with van der Waals surface area (Å²) in [6.07, 6.45) is 0. The minimum atomic E-state index is -0.720. The second-order valence-corrected chi connectivity index (χ2v) is 5.52. The van der Waals surface area contributed by atoms with Gasteiger partial charge in [0, 0.05) is 6.54 Å². The molecule has 116 valence electrons. The van der Waals surface area contributed by atoms with Crippen molar-refractivity contribution in [3.63, 3.8) is 0 Å². The van der Waals surface area contributed by atoms with E-state index in [2.05, 4.69) is 5.32 Å². The van der Waals surface area contributed by atoms with Crippen LogP contribution in [0.4, 0.5) is 0 Å². The van der Waals surface area contributed by atoms with Gasteiger partial charge in [-0.05, 0) is 12.5 Å². The maximum Gasteiger partial charge on any atom is 0.323 e. The molecule has 0 saturated carbocycles. The molecule has 6 heteroatoms. The predicted octanol–water partition coefficient (Wildman–Crippen LogP) is 0.323. The number of rotatable bonds is 4. The van der Waals surface area contributed by atoms with Crippen LogP contribution in [0.1, 0.15) is 12.5 Å². The number of carbonyl (C=O) groups is 3. The Morgan fingerprint density at radius 1 is 1.27 bits per heavy atom. The lowest BCUT2D eigenvalue weighted by Gasteiger charge is -2.18. The lowest BCUT2D eigenvalue weighted by molar-refractivity contribution is -0.150. The monoisotopic (exact) mass is 302 g/mol. The van der Waals surface area contributed by atoms with E-state index in [1.807, 2.05) is 30.3 Å². The van der Waals surface area contributed by atoms with E-state index < -0.39 is 23.8 Å². The highest BCUT2D eigenvalue weighted by molar-refractivity contribution is 6.08. The van der Waals surface area contributed by atoms with E-state index in [0.29, 0.717) is 6.54 Å². The zero-order valence-electron chi connectivity index (χ0n) is 12.3. The SMILES string of the molecule is CCOC(=O)C1NCC2C(=O)N(Cc3ccccc3)C(=O)C21. The summed E-state index contributed by atoms with van der Waals surface area (Å²) in [6.45, 7) is 2.56. The Hall–Kier alpha value is -2.21. The van der Waals surface area contributed by atoms with Gasteiger partial charge in [-0.25, -0.2) is 0 Å². The smallest absolute Gasteiger partial charge is 0.323 e. The summed E-state index contributed by atoms with van der Waals surface area (Å²) in [5.74, 6) is -2.07. The van der Waals surface area contributed by atoms with Crippen LogP contribution in [-0.4, -0.2) is 41.9 Å². The molecule has 22 heavy (non-hydrogen) atoms. The third-order valence-corrected chi connectivity index (χ3v) is 4.21. The number of likely N-dealkylation sites (tertiary alicyclic amines) is 1. The molecule has 2 aliphatic heterocycles. The maximum absolute atomic E-state index is 12.6. The van der Waals surface area contributed by atoms with Crippen LogP contribution in [0.5, 0.6) is 0 Å². The normalized spacial score (nSPS) is 27.1. The highest BCUT2D eigenvalue weighted by Gasteiger charge is 2.56. The molecule has 6 nitrogen and oxygen atoms in total. The van der Waals surface area contributed by atoms with E-state index in [-0.39, 0.29) is 25.0 Å². The molecule has 2 aliphatic rings. The first kappa shape index (κ1) is 14.7. The van der Waals surface area contributed by atoms with Crippen LogP contribution in [0.15, 0.2) is 30.3 Å². The fourth-order valence-corrected chi connectivity index (χ4v) is 3.17. The van der Waals surface area contributed by atoms with Gasteiger partial charge in [-0.15, -0.1) is 0 Å². The average Bonchev–Trinajstić information content (AvgIpc) is 3.05. The van der Waals surface area contributed by atoms with Gasteiger partial charge in [0.2, 0.25) is 11.8 Å². The number of amides is 2. The summed E-state index contributed by atoms with van der Waals surface area (Å²) in [5, 5.41) is 2.95. The minimum Gasteiger partial charge on any atom is -0.465 e. The van der Waals surface area contributed by atoms with Crippen LogP contribution in [0, 0.1) is 11.8 Å². The number of fused-ring (bicyclic) bond motifs is 1. The van der Waals surface area contributed by atoms with E-state index in [1.165, 1.54) is 4.90 Å². The maximum atomic E-state index is 12.6. The van der Waals surface area contributed by atoms with Crippen molar-refractivity contribution in [3.8, 4) is 0 Å². The molecular weight excluding hydrogens is 284 g/mol. The molecule has 3 rings (SSSR count). The number of imide groups is 1. The van der Waals surface area contributed by atoms with Gasteiger partial charge < -0.3 is 10.1 Å². The van der Waals surface area contributed by atoms with Crippen LogP contribution < -0.4 is 5.32 Å². The molecule has 1 aromatic rings. The highest BCUT2D eigenvalue weighted by Crippen LogP contribution is 2.34. The quantitative estimate of drug-likeness (QED) is 0.640. The molecule has 3 unspecified atom stereocenters. The molecule has 3 atom stereocenters. The first-order valence-electron chi connectivity index (χ1n) is 7.42. The first-order chi connectivity index (χ1) is 10.6. The van der Waals surface area contributed by atoms with Gasteiger partial charge in [-0.2, -0.15) is 0 Å². The molecule has 0 radical (unpaired) electrons. The minimum absolute atomic E-state index is 0.210. The Bertz CT molecular complexity index is 601. The molecule has 2 amide bonds. The third-order valence-electron chi connectivity index (χ3n) is 4.21. The molecule has 1 aromatic carbocycles. The number of nitrogens with one attached hydrogen (secondary N) is 1. The second kappa shape index (κ2) is 5.88. The summed E-state index contributed by atoms with van der Waals surface area (Å²) < 4.78 is 4.99. The molecule has 2 heterocycles. The summed E-state index contributed by atoms with van der Waals surface area (Å²) in [7, 11) is 0. The third kappa shape index (κ3) is 2.39. The van der Waals surface area contributed by atoms with Crippen molar-refractivity contribution in [2.24, 2.45) is 11.8 Å². The van der Waals surface area contributed by atoms with E-state index in [4.69, 9.17) is 4.74 Å². The van der Waals surface area contributed by atoms with Crippen molar-refractivity contribution in [1.82, 2.24) is 10.2 Å². The summed E-state index contributed by atoms with van der Waals surface area (Å²) in [5.41, 5.74) is 0.893. The van der Waals surface area contributed by atoms with Crippen molar-refractivity contribution in [2.75, 3.05) is 13.2 Å². The molecule has 0 bridgehead atoms. The average molecular weight is 302 g/mol. The Morgan fingerprint density at radius 3 is 2.68 bits per heavy atom. The molecule has 2 saturated heterocycles. The van der Waals surface area contributed by atoms with Crippen LogP contribution in [0.3, 0.4) is 0 Å². The standard InChI is InChI=1S/C16H18N2O4/c1-2-22-16(21)13-12-11(8-17-13)14(19)18(15(12)20)9-10-6-4-3-5-7-10/h3-7,11-13,17H,2,8-9H2,1H3.